The van der Waals surface area contributed by atoms with Crippen LogP contribution in [0.3, 0.4) is 0 Å². The number of benzene rings is 1. The Morgan fingerprint density at radius 3 is 2.79 bits per heavy atom. The van der Waals surface area contributed by atoms with Crippen LogP contribution in [0.5, 0.6) is 0 Å². The predicted molar refractivity (Wildman–Crippen MR) is 71.1 cm³/mol. The van der Waals surface area contributed by atoms with Gasteiger partial charge in [0.25, 0.3) is 0 Å². The molecule has 0 saturated heterocycles. The minimum atomic E-state index is -0.177. The number of aldehydes is 1. The molecule has 4 heteroatoms. The molecule has 0 bridgehead atoms. The SMILES string of the molecule is O=Cc1cccc2c(=O)cc(-c3cccnc3)oc12. The molecule has 0 fully saturated rings. The van der Waals surface area contributed by atoms with E-state index in [1.54, 1.807) is 42.7 Å². The highest BCUT2D eigenvalue weighted by molar-refractivity contribution is 5.94. The van der Waals surface area contributed by atoms with Crippen LogP contribution in [0.2, 0.25) is 0 Å². The van der Waals surface area contributed by atoms with E-state index in [-0.39, 0.29) is 5.43 Å². The first kappa shape index (κ1) is 11.3. The molecule has 1 aromatic carbocycles. The summed E-state index contributed by atoms with van der Waals surface area (Å²) in [4.78, 5) is 27.0. The average Bonchev–Trinajstić information content (AvgIpc) is 2.47. The molecule has 0 aliphatic heterocycles. The fraction of sp³-hybridized carbons (Fsp3) is 0. The number of hydrogen-bond donors (Lipinski definition) is 0. The van der Waals surface area contributed by atoms with Crippen molar-refractivity contribution in [3.63, 3.8) is 0 Å². The summed E-state index contributed by atoms with van der Waals surface area (Å²) in [5, 5.41) is 0.400. The number of para-hydroxylation sites is 1. The Labute approximate surface area is 108 Å². The minimum absolute atomic E-state index is 0.177. The highest BCUT2D eigenvalue weighted by Gasteiger charge is 2.09. The van der Waals surface area contributed by atoms with Gasteiger partial charge in [-0.3, -0.25) is 14.6 Å². The number of nitrogens with zero attached hydrogens (tertiary/aromatic N) is 1. The van der Waals surface area contributed by atoms with Crippen LogP contribution in [0.25, 0.3) is 22.3 Å². The molecule has 2 aromatic heterocycles. The molecule has 92 valence electrons. The highest BCUT2D eigenvalue weighted by atomic mass is 16.3. The molecule has 0 saturated carbocycles. The highest BCUT2D eigenvalue weighted by Crippen LogP contribution is 2.22. The van der Waals surface area contributed by atoms with E-state index in [2.05, 4.69) is 4.98 Å². The van der Waals surface area contributed by atoms with Gasteiger partial charge >= 0.3 is 0 Å². The summed E-state index contributed by atoms with van der Waals surface area (Å²) in [5.74, 6) is 0.403. The van der Waals surface area contributed by atoms with Crippen molar-refractivity contribution in [2.24, 2.45) is 0 Å². The smallest absolute Gasteiger partial charge is 0.193 e. The molecule has 0 atom stereocenters. The molecule has 0 aliphatic carbocycles. The van der Waals surface area contributed by atoms with Gasteiger partial charge in [0.15, 0.2) is 11.7 Å². The summed E-state index contributed by atoms with van der Waals surface area (Å²) in [6.07, 6.45) is 3.92. The molecular formula is C15H9NO3. The molecule has 0 N–H and O–H groups in total. The number of pyridine rings is 1. The second-order valence-electron chi connectivity index (χ2n) is 4.06. The van der Waals surface area contributed by atoms with Crippen LogP contribution < -0.4 is 5.43 Å². The Morgan fingerprint density at radius 1 is 1.16 bits per heavy atom. The van der Waals surface area contributed by atoms with Crippen molar-refractivity contribution in [2.75, 3.05) is 0 Å². The lowest BCUT2D eigenvalue weighted by molar-refractivity contribution is 0.112. The monoisotopic (exact) mass is 251 g/mol. The summed E-state index contributed by atoms with van der Waals surface area (Å²) >= 11 is 0. The zero-order valence-corrected chi connectivity index (χ0v) is 9.87. The van der Waals surface area contributed by atoms with Crippen molar-refractivity contribution in [1.29, 1.82) is 0 Å². The van der Waals surface area contributed by atoms with Gasteiger partial charge in [0, 0.05) is 24.0 Å². The van der Waals surface area contributed by atoms with Crippen molar-refractivity contribution in [1.82, 2.24) is 4.98 Å². The quantitative estimate of drug-likeness (QED) is 0.657. The van der Waals surface area contributed by atoms with Gasteiger partial charge in [0.05, 0.1) is 10.9 Å². The molecular weight excluding hydrogens is 242 g/mol. The number of hydrogen-bond acceptors (Lipinski definition) is 4. The number of rotatable bonds is 2. The maximum Gasteiger partial charge on any atom is 0.193 e. The lowest BCUT2D eigenvalue weighted by atomic mass is 10.1. The van der Waals surface area contributed by atoms with Crippen LogP contribution in [0.15, 0.2) is 58.0 Å². The number of fused-ring (bicyclic) bond motifs is 1. The van der Waals surface area contributed by atoms with Gasteiger partial charge < -0.3 is 4.42 Å². The number of carbonyl (C=O) groups is 1. The van der Waals surface area contributed by atoms with Gasteiger partial charge in [-0.25, -0.2) is 0 Å². The van der Waals surface area contributed by atoms with Crippen LogP contribution >= 0.6 is 0 Å². The third-order valence-corrected chi connectivity index (χ3v) is 2.86. The molecule has 0 aliphatic rings. The summed E-state index contributed by atoms with van der Waals surface area (Å²) in [6, 6.07) is 9.87. The summed E-state index contributed by atoms with van der Waals surface area (Å²) < 4.78 is 5.68. The maximum absolute atomic E-state index is 12.0. The van der Waals surface area contributed by atoms with E-state index in [4.69, 9.17) is 4.42 Å². The molecule has 4 nitrogen and oxygen atoms in total. The molecule has 0 amide bonds. The topological polar surface area (TPSA) is 60.2 Å². The third kappa shape index (κ3) is 1.93. The van der Waals surface area contributed by atoms with Gasteiger partial charge in [-0.1, -0.05) is 6.07 Å². The van der Waals surface area contributed by atoms with E-state index in [1.165, 1.54) is 6.07 Å². The van der Waals surface area contributed by atoms with Gasteiger partial charge in [-0.05, 0) is 24.3 Å². The molecule has 0 radical (unpaired) electrons. The van der Waals surface area contributed by atoms with E-state index in [0.717, 1.165) is 0 Å². The average molecular weight is 251 g/mol. The zero-order chi connectivity index (χ0) is 13.2. The van der Waals surface area contributed by atoms with E-state index in [1.807, 2.05) is 0 Å². The Morgan fingerprint density at radius 2 is 2.05 bits per heavy atom. The minimum Gasteiger partial charge on any atom is -0.455 e. The van der Waals surface area contributed by atoms with Gasteiger partial charge in [0.2, 0.25) is 0 Å². The van der Waals surface area contributed by atoms with Crippen molar-refractivity contribution < 1.29 is 9.21 Å². The van der Waals surface area contributed by atoms with E-state index in [0.29, 0.717) is 34.1 Å². The number of carbonyl (C=O) groups excluding carboxylic acids is 1. The van der Waals surface area contributed by atoms with Gasteiger partial charge in [-0.15, -0.1) is 0 Å². The standard InChI is InChI=1S/C15H9NO3/c17-9-11-3-1-5-12-13(18)7-14(19-15(11)12)10-4-2-6-16-8-10/h1-9H. The Hall–Kier alpha value is -2.75. The van der Waals surface area contributed by atoms with Crippen LogP contribution in [0, 0.1) is 0 Å². The Balaban J connectivity index is 2.36. The lowest BCUT2D eigenvalue weighted by Gasteiger charge is -2.04. The Bertz CT molecular complexity index is 806. The lowest BCUT2D eigenvalue weighted by Crippen LogP contribution is -2.01. The van der Waals surface area contributed by atoms with E-state index < -0.39 is 0 Å². The largest absolute Gasteiger partial charge is 0.455 e. The summed E-state index contributed by atoms with van der Waals surface area (Å²) in [6.45, 7) is 0. The third-order valence-electron chi connectivity index (χ3n) is 2.86. The van der Waals surface area contributed by atoms with Crippen LogP contribution in [0.4, 0.5) is 0 Å². The fourth-order valence-corrected chi connectivity index (χ4v) is 1.94. The summed E-state index contributed by atoms with van der Waals surface area (Å²) in [5.41, 5.74) is 1.19. The fourth-order valence-electron chi connectivity index (χ4n) is 1.94. The number of aromatic nitrogens is 1. The van der Waals surface area contributed by atoms with Crippen LogP contribution in [-0.2, 0) is 0 Å². The molecule has 3 rings (SSSR count). The van der Waals surface area contributed by atoms with Crippen molar-refractivity contribution in [3.8, 4) is 11.3 Å². The zero-order valence-electron chi connectivity index (χ0n) is 9.87. The molecule has 2 heterocycles. The van der Waals surface area contributed by atoms with Crippen molar-refractivity contribution in [3.05, 3.63) is 64.6 Å². The Kier molecular flexibility index (Phi) is 2.68. The molecule has 0 unspecified atom stereocenters. The predicted octanol–water partition coefficient (Wildman–Crippen LogP) is 2.67. The van der Waals surface area contributed by atoms with E-state index in [9.17, 15) is 9.59 Å². The van der Waals surface area contributed by atoms with Gasteiger partial charge in [-0.2, -0.15) is 0 Å². The molecule has 19 heavy (non-hydrogen) atoms. The normalized spacial score (nSPS) is 10.5. The van der Waals surface area contributed by atoms with Crippen LogP contribution in [0.1, 0.15) is 10.4 Å². The van der Waals surface area contributed by atoms with Gasteiger partial charge in [0.1, 0.15) is 11.3 Å². The summed E-state index contributed by atoms with van der Waals surface area (Å²) in [7, 11) is 0. The van der Waals surface area contributed by atoms with Crippen molar-refractivity contribution >= 4 is 17.3 Å². The second kappa shape index (κ2) is 4.49. The van der Waals surface area contributed by atoms with Crippen molar-refractivity contribution in [2.45, 2.75) is 0 Å². The first-order chi connectivity index (χ1) is 9.29. The first-order valence-electron chi connectivity index (χ1n) is 5.72. The second-order valence-corrected chi connectivity index (χ2v) is 4.06. The molecule has 0 spiro atoms. The van der Waals surface area contributed by atoms with E-state index >= 15 is 0 Å². The molecule has 3 aromatic rings. The first-order valence-corrected chi connectivity index (χ1v) is 5.72. The maximum atomic E-state index is 12.0. The van der Waals surface area contributed by atoms with Crippen LogP contribution in [-0.4, -0.2) is 11.3 Å².